The van der Waals surface area contributed by atoms with Crippen molar-refractivity contribution in [2.45, 2.75) is 52.2 Å². The molecule has 0 aromatic rings. The Kier molecular flexibility index (Phi) is 4.39. The van der Waals surface area contributed by atoms with E-state index in [4.69, 9.17) is 4.74 Å². The number of amides is 1. The number of alkyl carbamates (subject to hydrolysis) is 1. The van der Waals surface area contributed by atoms with Crippen molar-refractivity contribution in [2.75, 3.05) is 6.54 Å². The molecule has 0 bridgehead atoms. The standard InChI is InChI=1S/C10H21NO3/c1-6-10(5,13)7-11-8(12)14-9(2,3)4/h13H,6-7H2,1-5H3,(H,11,12). The van der Waals surface area contributed by atoms with Gasteiger partial charge in [-0.25, -0.2) is 4.79 Å². The summed E-state index contributed by atoms with van der Waals surface area (Å²) in [7, 11) is 0. The van der Waals surface area contributed by atoms with Crippen LogP contribution in [0.15, 0.2) is 0 Å². The second-order valence-corrected chi connectivity index (χ2v) is 4.71. The summed E-state index contributed by atoms with van der Waals surface area (Å²) in [4.78, 5) is 11.2. The first-order valence-corrected chi connectivity index (χ1v) is 4.85. The Morgan fingerprint density at radius 3 is 2.21 bits per heavy atom. The minimum absolute atomic E-state index is 0.207. The van der Waals surface area contributed by atoms with Crippen molar-refractivity contribution in [3.05, 3.63) is 0 Å². The second-order valence-electron chi connectivity index (χ2n) is 4.71. The van der Waals surface area contributed by atoms with E-state index in [1.807, 2.05) is 6.92 Å². The molecule has 0 fully saturated rings. The first-order chi connectivity index (χ1) is 6.16. The Bertz CT molecular complexity index is 194. The van der Waals surface area contributed by atoms with E-state index >= 15 is 0 Å². The van der Waals surface area contributed by atoms with Gasteiger partial charge in [0.05, 0.1) is 5.60 Å². The third-order valence-corrected chi connectivity index (χ3v) is 1.77. The smallest absolute Gasteiger partial charge is 0.407 e. The van der Waals surface area contributed by atoms with Crippen LogP contribution in [-0.2, 0) is 4.74 Å². The molecule has 0 saturated carbocycles. The van der Waals surface area contributed by atoms with Crippen LogP contribution in [0.5, 0.6) is 0 Å². The van der Waals surface area contributed by atoms with E-state index in [1.54, 1.807) is 27.7 Å². The van der Waals surface area contributed by atoms with Crippen LogP contribution in [0.25, 0.3) is 0 Å². The zero-order chi connectivity index (χ0) is 11.4. The molecule has 0 saturated heterocycles. The van der Waals surface area contributed by atoms with Gasteiger partial charge >= 0.3 is 6.09 Å². The zero-order valence-electron chi connectivity index (χ0n) is 9.68. The lowest BCUT2D eigenvalue weighted by Crippen LogP contribution is -2.42. The highest BCUT2D eigenvalue weighted by Gasteiger charge is 2.21. The molecule has 84 valence electrons. The predicted octanol–water partition coefficient (Wildman–Crippen LogP) is 1.67. The van der Waals surface area contributed by atoms with Gasteiger partial charge in [0.15, 0.2) is 0 Å². The largest absolute Gasteiger partial charge is 0.444 e. The molecule has 1 amide bonds. The minimum Gasteiger partial charge on any atom is -0.444 e. The Balaban J connectivity index is 3.87. The molecule has 0 aliphatic heterocycles. The van der Waals surface area contributed by atoms with Crippen LogP contribution in [0.2, 0.25) is 0 Å². The number of hydrogen-bond acceptors (Lipinski definition) is 3. The summed E-state index contributed by atoms with van der Waals surface area (Å²) in [6.07, 6.45) is 0.0919. The van der Waals surface area contributed by atoms with E-state index in [-0.39, 0.29) is 6.54 Å². The molecule has 1 atom stereocenters. The van der Waals surface area contributed by atoms with Crippen LogP contribution in [0.1, 0.15) is 41.0 Å². The fourth-order valence-electron chi connectivity index (χ4n) is 0.702. The van der Waals surface area contributed by atoms with Gasteiger partial charge < -0.3 is 15.2 Å². The van der Waals surface area contributed by atoms with Crippen molar-refractivity contribution in [1.29, 1.82) is 0 Å². The van der Waals surface area contributed by atoms with Crippen molar-refractivity contribution >= 4 is 6.09 Å². The predicted molar refractivity (Wildman–Crippen MR) is 55.2 cm³/mol. The number of carbonyl (C=O) groups excluding carboxylic acids is 1. The maximum Gasteiger partial charge on any atom is 0.407 e. The third-order valence-electron chi connectivity index (χ3n) is 1.77. The first-order valence-electron chi connectivity index (χ1n) is 4.85. The minimum atomic E-state index is -0.864. The van der Waals surface area contributed by atoms with E-state index < -0.39 is 17.3 Å². The quantitative estimate of drug-likeness (QED) is 0.733. The molecule has 1 unspecified atom stereocenters. The Hall–Kier alpha value is -0.770. The SMILES string of the molecule is CCC(C)(O)CNC(=O)OC(C)(C)C. The number of hydrogen-bond donors (Lipinski definition) is 2. The zero-order valence-corrected chi connectivity index (χ0v) is 9.68. The summed E-state index contributed by atoms with van der Waals surface area (Å²) < 4.78 is 5.02. The van der Waals surface area contributed by atoms with Gasteiger partial charge in [0.1, 0.15) is 5.60 Å². The molecule has 0 heterocycles. The average molecular weight is 203 g/mol. The molecule has 0 aliphatic rings. The summed E-state index contributed by atoms with van der Waals surface area (Å²) in [6, 6.07) is 0. The molecule has 4 nitrogen and oxygen atoms in total. The fourth-order valence-corrected chi connectivity index (χ4v) is 0.702. The highest BCUT2D eigenvalue weighted by molar-refractivity contribution is 5.67. The van der Waals surface area contributed by atoms with Gasteiger partial charge in [0.25, 0.3) is 0 Å². The normalized spacial score (nSPS) is 15.9. The average Bonchev–Trinajstić information content (AvgIpc) is 1.98. The van der Waals surface area contributed by atoms with Gasteiger partial charge in [-0.2, -0.15) is 0 Å². The molecular weight excluding hydrogens is 182 g/mol. The third kappa shape index (κ3) is 6.71. The van der Waals surface area contributed by atoms with Crippen LogP contribution in [0, 0.1) is 0 Å². The molecule has 14 heavy (non-hydrogen) atoms. The number of aliphatic hydroxyl groups is 1. The molecule has 0 aromatic carbocycles. The molecular formula is C10H21NO3. The lowest BCUT2D eigenvalue weighted by atomic mass is 10.0. The molecule has 0 spiro atoms. The summed E-state index contributed by atoms with van der Waals surface area (Å²) in [5, 5.41) is 12.1. The van der Waals surface area contributed by atoms with Crippen molar-refractivity contribution in [1.82, 2.24) is 5.32 Å². The van der Waals surface area contributed by atoms with Crippen LogP contribution in [0.3, 0.4) is 0 Å². The number of carbonyl (C=O) groups is 1. The molecule has 4 heteroatoms. The number of rotatable bonds is 3. The maximum absolute atomic E-state index is 11.2. The van der Waals surface area contributed by atoms with Crippen molar-refractivity contribution < 1.29 is 14.6 Å². The summed E-state index contributed by atoms with van der Waals surface area (Å²) in [5.41, 5.74) is -1.36. The maximum atomic E-state index is 11.2. The van der Waals surface area contributed by atoms with Crippen molar-refractivity contribution in [3.63, 3.8) is 0 Å². The molecule has 2 N–H and O–H groups in total. The number of ether oxygens (including phenoxy) is 1. The van der Waals surface area contributed by atoms with Crippen molar-refractivity contribution in [3.8, 4) is 0 Å². The molecule has 0 rings (SSSR count). The van der Waals surface area contributed by atoms with E-state index in [0.717, 1.165) is 0 Å². The van der Waals surface area contributed by atoms with E-state index in [2.05, 4.69) is 5.32 Å². The fraction of sp³-hybridized carbons (Fsp3) is 0.900. The molecule has 0 radical (unpaired) electrons. The van der Waals surface area contributed by atoms with E-state index in [0.29, 0.717) is 6.42 Å². The Labute approximate surface area is 85.6 Å². The molecule has 0 aliphatic carbocycles. The Morgan fingerprint density at radius 1 is 1.36 bits per heavy atom. The van der Waals surface area contributed by atoms with Crippen LogP contribution in [-0.4, -0.2) is 28.9 Å². The van der Waals surface area contributed by atoms with Gasteiger partial charge in [-0.15, -0.1) is 0 Å². The lowest BCUT2D eigenvalue weighted by molar-refractivity contribution is 0.0316. The van der Waals surface area contributed by atoms with Crippen LogP contribution >= 0.6 is 0 Å². The van der Waals surface area contributed by atoms with Crippen LogP contribution < -0.4 is 5.32 Å². The van der Waals surface area contributed by atoms with Gasteiger partial charge in [-0.05, 0) is 34.1 Å². The lowest BCUT2D eigenvalue weighted by Gasteiger charge is -2.24. The topological polar surface area (TPSA) is 58.6 Å². The van der Waals surface area contributed by atoms with Crippen LogP contribution in [0.4, 0.5) is 4.79 Å². The van der Waals surface area contributed by atoms with Gasteiger partial charge in [0.2, 0.25) is 0 Å². The monoisotopic (exact) mass is 203 g/mol. The summed E-state index contributed by atoms with van der Waals surface area (Å²) >= 11 is 0. The summed E-state index contributed by atoms with van der Waals surface area (Å²) in [5.74, 6) is 0. The van der Waals surface area contributed by atoms with Gasteiger partial charge in [-0.1, -0.05) is 6.92 Å². The first kappa shape index (κ1) is 13.2. The van der Waals surface area contributed by atoms with Crippen molar-refractivity contribution in [2.24, 2.45) is 0 Å². The highest BCUT2D eigenvalue weighted by Crippen LogP contribution is 2.08. The van der Waals surface area contributed by atoms with E-state index in [9.17, 15) is 9.90 Å². The van der Waals surface area contributed by atoms with Gasteiger partial charge in [0, 0.05) is 6.54 Å². The highest BCUT2D eigenvalue weighted by atomic mass is 16.6. The molecule has 0 aromatic heterocycles. The Morgan fingerprint density at radius 2 is 1.86 bits per heavy atom. The summed E-state index contributed by atoms with van der Waals surface area (Å²) in [6.45, 7) is 9.12. The number of nitrogens with one attached hydrogen (secondary N) is 1. The van der Waals surface area contributed by atoms with E-state index in [1.165, 1.54) is 0 Å². The van der Waals surface area contributed by atoms with Gasteiger partial charge in [-0.3, -0.25) is 0 Å². The second kappa shape index (κ2) is 4.64.